The second-order valence-corrected chi connectivity index (χ2v) is 3.83. The van der Waals surface area contributed by atoms with Gasteiger partial charge in [-0.05, 0) is 31.9 Å². The van der Waals surface area contributed by atoms with Crippen molar-refractivity contribution in [3.8, 4) is 0 Å². The minimum absolute atomic E-state index is 0.0381. The highest BCUT2D eigenvalue weighted by Gasteiger charge is 2.12. The van der Waals surface area contributed by atoms with E-state index < -0.39 is 0 Å². The van der Waals surface area contributed by atoms with Gasteiger partial charge in [0.15, 0.2) is 0 Å². The summed E-state index contributed by atoms with van der Waals surface area (Å²) in [5, 5.41) is 0. The number of esters is 1. The lowest BCUT2D eigenvalue weighted by Crippen LogP contribution is -2.20. The van der Waals surface area contributed by atoms with Crippen LogP contribution in [0.3, 0.4) is 0 Å². The van der Waals surface area contributed by atoms with Crippen LogP contribution in [0.25, 0.3) is 0 Å². The quantitative estimate of drug-likeness (QED) is 0.767. The molecule has 0 radical (unpaired) electrons. The average Bonchev–Trinajstić information content (AvgIpc) is 2.19. The number of rotatable bonds is 3. The second-order valence-electron chi connectivity index (χ2n) is 3.83. The first-order valence-corrected chi connectivity index (χ1v) is 4.98. The molecule has 1 unspecified atom stereocenters. The lowest BCUT2D eigenvalue weighted by Gasteiger charge is -2.10. The summed E-state index contributed by atoms with van der Waals surface area (Å²) in [6.45, 7) is 3.86. The van der Waals surface area contributed by atoms with E-state index >= 15 is 0 Å². The molecule has 3 heteroatoms. The van der Waals surface area contributed by atoms with Crippen LogP contribution in [-0.2, 0) is 11.2 Å². The number of benzene rings is 1. The smallest absolute Gasteiger partial charge is 0.338 e. The molecule has 0 saturated carbocycles. The zero-order valence-corrected chi connectivity index (χ0v) is 9.41. The first-order chi connectivity index (χ1) is 7.04. The molecule has 15 heavy (non-hydrogen) atoms. The third-order valence-corrected chi connectivity index (χ3v) is 2.21. The summed E-state index contributed by atoms with van der Waals surface area (Å²) in [6.07, 6.45) is 0.685. The van der Waals surface area contributed by atoms with Crippen LogP contribution in [-0.4, -0.2) is 19.1 Å². The SMILES string of the molecule is COC(=O)c1cc(C)ccc1CC(C)N. The molecule has 1 atom stereocenters. The Balaban J connectivity index is 3.08. The molecule has 2 N–H and O–H groups in total. The van der Waals surface area contributed by atoms with Gasteiger partial charge in [0.25, 0.3) is 0 Å². The number of nitrogens with two attached hydrogens (primary N) is 1. The molecule has 1 rings (SSSR count). The Labute approximate surface area is 90.2 Å². The summed E-state index contributed by atoms with van der Waals surface area (Å²) in [6, 6.07) is 5.79. The van der Waals surface area contributed by atoms with Crippen molar-refractivity contribution >= 4 is 5.97 Å². The molecule has 3 nitrogen and oxygen atoms in total. The molecule has 0 fully saturated rings. The summed E-state index contributed by atoms with van der Waals surface area (Å²) in [4.78, 5) is 11.5. The van der Waals surface area contributed by atoms with Crippen LogP contribution in [0.1, 0.15) is 28.4 Å². The van der Waals surface area contributed by atoms with E-state index in [2.05, 4.69) is 0 Å². The molecule has 0 saturated heterocycles. The van der Waals surface area contributed by atoms with E-state index in [9.17, 15) is 4.79 Å². The van der Waals surface area contributed by atoms with Gasteiger partial charge in [-0.1, -0.05) is 17.7 Å². The predicted molar refractivity (Wildman–Crippen MR) is 59.9 cm³/mol. The predicted octanol–water partition coefficient (Wildman–Crippen LogP) is 1.67. The van der Waals surface area contributed by atoms with Gasteiger partial charge in [-0.25, -0.2) is 4.79 Å². The third kappa shape index (κ3) is 3.06. The number of methoxy groups -OCH3 is 1. The van der Waals surface area contributed by atoms with E-state index in [1.807, 2.05) is 32.0 Å². The average molecular weight is 207 g/mol. The Morgan fingerprint density at radius 1 is 1.53 bits per heavy atom. The van der Waals surface area contributed by atoms with E-state index in [1.54, 1.807) is 0 Å². The Morgan fingerprint density at radius 2 is 2.20 bits per heavy atom. The van der Waals surface area contributed by atoms with Gasteiger partial charge < -0.3 is 10.5 Å². The Hall–Kier alpha value is -1.35. The molecule has 0 aliphatic carbocycles. The molecule has 0 heterocycles. The van der Waals surface area contributed by atoms with Crippen LogP contribution < -0.4 is 5.73 Å². The van der Waals surface area contributed by atoms with E-state index in [0.717, 1.165) is 11.1 Å². The van der Waals surface area contributed by atoms with Gasteiger partial charge in [0.05, 0.1) is 12.7 Å². The minimum Gasteiger partial charge on any atom is -0.465 e. The fraction of sp³-hybridized carbons (Fsp3) is 0.417. The standard InChI is InChI=1S/C12H17NO2/c1-8-4-5-10(7-9(2)13)11(6-8)12(14)15-3/h4-6,9H,7,13H2,1-3H3. The molecule has 0 aliphatic rings. The highest BCUT2D eigenvalue weighted by atomic mass is 16.5. The summed E-state index contributed by atoms with van der Waals surface area (Å²) in [5.74, 6) is -0.297. The highest BCUT2D eigenvalue weighted by molar-refractivity contribution is 5.91. The molecule has 0 bridgehead atoms. The maximum atomic E-state index is 11.5. The summed E-state index contributed by atoms with van der Waals surface area (Å²) in [5.41, 5.74) is 8.33. The van der Waals surface area contributed by atoms with Gasteiger partial charge in [-0.2, -0.15) is 0 Å². The van der Waals surface area contributed by atoms with E-state index in [-0.39, 0.29) is 12.0 Å². The van der Waals surface area contributed by atoms with Crippen molar-refractivity contribution in [3.63, 3.8) is 0 Å². The van der Waals surface area contributed by atoms with Gasteiger partial charge in [0, 0.05) is 6.04 Å². The molecule has 1 aromatic carbocycles. The summed E-state index contributed by atoms with van der Waals surface area (Å²) < 4.78 is 4.73. The first kappa shape index (κ1) is 11.7. The van der Waals surface area contributed by atoms with Gasteiger partial charge in [-0.15, -0.1) is 0 Å². The Morgan fingerprint density at radius 3 is 2.73 bits per heavy atom. The number of aryl methyl sites for hydroxylation is 1. The zero-order chi connectivity index (χ0) is 11.4. The maximum absolute atomic E-state index is 11.5. The lowest BCUT2D eigenvalue weighted by atomic mass is 9.99. The third-order valence-electron chi connectivity index (χ3n) is 2.21. The van der Waals surface area contributed by atoms with Crippen LogP contribution in [0.5, 0.6) is 0 Å². The maximum Gasteiger partial charge on any atom is 0.338 e. The Kier molecular flexibility index (Phi) is 3.86. The van der Waals surface area contributed by atoms with Crippen molar-refractivity contribution in [2.75, 3.05) is 7.11 Å². The van der Waals surface area contributed by atoms with Crippen molar-refractivity contribution in [1.82, 2.24) is 0 Å². The topological polar surface area (TPSA) is 52.3 Å². The Bertz CT molecular complexity index is 359. The van der Waals surface area contributed by atoms with E-state index in [0.29, 0.717) is 12.0 Å². The van der Waals surface area contributed by atoms with Crippen LogP contribution in [0.4, 0.5) is 0 Å². The molecule has 0 amide bonds. The molecule has 82 valence electrons. The molecule has 1 aromatic rings. The summed E-state index contributed by atoms with van der Waals surface area (Å²) in [7, 11) is 1.39. The van der Waals surface area contributed by atoms with Gasteiger partial charge >= 0.3 is 5.97 Å². The number of carbonyl (C=O) groups excluding carboxylic acids is 1. The second kappa shape index (κ2) is 4.94. The molecule has 0 spiro atoms. The molecule has 0 aliphatic heterocycles. The molecular weight excluding hydrogens is 190 g/mol. The zero-order valence-electron chi connectivity index (χ0n) is 9.41. The van der Waals surface area contributed by atoms with Crippen LogP contribution >= 0.6 is 0 Å². The van der Waals surface area contributed by atoms with E-state index in [4.69, 9.17) is 10.5 Å². The number of hydrogen-bond donors (Lipinski definition) is 1. The van der Waals surface area contributed by atoms with Crippen molar-refractivity contribution in [2.45, 2.75) is 26.3 Å². The monoisotopic (exact) mass is 207 g/mol. The molecule has 0 aromatic heterocycles. The number of carbonyl (C=O) groups is 1. The minimum atomic E-state index is -0.297. The van der Waals surface area contributed by atoms with Crippen LogP contribution in [0.15, 0.2) is 18.2 Å². The normalized spacial score (nSPS) is 12.3. The van der Waals surface area contributed by atoms with Gasteiger partial charge in [0.1, 0.15) is 0 Å². The first-order valence-electron chi connectivity index (χ1n) is 4.98. The molecular formula is C12H17NO2. The van der Waals surface area contributed by atoms with E-state index in [1.165, 1.54) is 7.11 Å². The van der Waals surface area contributed by atoms with Crippen LogP contribution in [0.2, 0.25) is 0 Å². The number of ether oxygens (including phenoxy) is 1. The van der Waals surface area contributed by atoms with Gasteiger partial charge in [-0.3, -0.25) is 0 Å². The highest BCUT2D eigenvalue weighted by Crippen LogP contribution is 2.14. The van der Waals surface area contributed by atoms with Crippen molar-refractivity contribution in [3.05, 3.63) is 34.9 Å². The lowest BCUT2D eigenvalue weighted by molar-refractivity contribution is 0.0599. The number of hydrogen-bond acceptors (Lipinski definition) is 3. The summed E-state index contributed by atoms with van der Waals surface area (Å²) >= 11 is 0. The van der Waals surface area contributed by atoms with Crippen molar-refractivity contribution < 1.29 is 9.53 Å². The van der Waals surface area contributed by atoms with Crippen molar-refractivity contribution in [2.24, 2.45) is 5.73 Å². The van der Waals surface area contributed by atoms with Crippen molar-refractivity contribution in [1.29, 1.82) is 0 Å². The fourth-order valence-electron chi connectivity index (χ4n) is 1.52. The van der Waals surface area contributed by atoms with Gasteiger partial charge in [0.2, 0.25) is 0 Å². The fourth-order valence-corrected chi connectivity index (χ4v) is 1.52. The van der Waals surface area contributed by atoms with Crippen LogP contribution in [0, 0.1) is 6.92 Å². The largest absolute Gasteiger partial charge is 0.465 e.